The van der Waals surface area contributed by atoms with Gasteiger partial charge in [0.05, 0.1) is 17.8 Å². The number of epoxide rings is 2. The summed E-state index contributed by atoms with van der Waals surface area (Å²) >= 11 is 0. The molecule has 190 valence electrons. The highest BCUT2D eigenvalue weighted by Crippen LogP contribution is 2.80. The SMILES string of the molecule is C[C@@H](C[C@@H](O)[C@@H]1OC1(C)C)[C@@H]1CC[C@@]2(C)[C@@]1(C)CC=C1[C@]23O[C@H]3C[C@H]2C(C)(C)C(=O)CC[C@]12C. The van der Waals surface area contributed by atoms with E-state index >= 15 is 0 Å². The zero-order chi connectivity index (χ0) is 24.7. The van der Waals surface area contributed by atoms with Crippen molar-refractivity contribution in [2.24, 2.45) is 39.4 Å². The molecule has 10 atom stereocenters. The number of ether oxygens (including phenoxy) is 2. The van der Waals surface area contributed by atoms with Gasteiger partial charge < -0.3 is 14.6 Å². The Hall–Kier alpha value is -0.710. The fourth-order valence-corrected chi connectivity index (χ4v) is 10.4. The van der Waals surface area contributed by atoms with Crippen molar-refractivity contribution >= 4 is 5.78 Å². The summed E-state index contributed by atoms with van der Waals surface area (Å²) in [6.45, 7) is 18.4. The number of aliphatic hydroxyl groups excluding tert-OH is 1. The van der Waals surface area contributed by atoms with Crippen LogP contribution in [0.4, 0.5) is 0 Å². The second kappa shape index (κ2) is 6.58. The first kappa shape index (κ1) is 23.7. The minimum atomic E-state index is -0.380. The third-order valence-electron chi connectivity index (χ3n) is 12.7. The van der Waals surface area contributed by atoms with Crippen molar-refractivity contribution in [3.05, 3.63) is 11.6 Å². The molecule has 2 saturated heterocycles. The molecular weight excluding hydrogens is 424 g/mol. The molecule has 0 aromatic heterocycles. The van der Waals surface area contributed by atoms with Crippen LogP contribution < -0.4 is 0 Å². The Bertz CT molecular complexity index is 965. The monoisotopic (exact) mass is 470 g/mol. The lowest BCUT2D eigenvalue weighted by molar-refractivity contribution is -0.140. The summed E-state index contributed by atoms with van der Waals surface area (Å²) in [6.07, 6.45) is 9.42. The minimum absolute atomic E-state index is 0.0178. The van der Waals surface area contributed by atoms with E-state index in [9.17, 15) is 9.90 Å². The van der Waals surface area contributed by atoms with Crippen molar-refractivity contribution < 1.29 is 19.4 Å². The number of hydrogen-bond donors (Lipinski definition) is 1. The molecule has 5 fully saturated rings. The molecule has 0 unspecified atom stereocenters. The molecule has 2 aliphatic heterocycles. The van der Waals surface area contributed by atoms with Gasteiger partial charge in [-0.05, 0) is 86.5 Å². The number of ketones is 1. The van der Waals surface area contributed by atoms with Crippen molar-refractivity contribution in [1.29, 1.82) is 0 Å². The van der Waals surface area contributed by atoms with Crippen LogP contribution in [0, 0.1) is 39.4 Å². The highest BCUT2D eigenvalue weighted by atomic mass is 16.6. The molecule has 6 rings (SSSR count). The van der Waals surface area contributed by atoms with Crippen LogP contribution in [0.1, 0.15) is 100 Å². The number of carbonyl (C=O) groups is 1. The summed E-state index contributed by atoms with van der Waals surface area (Å²) in [6, 6.07) is 0. The molecule has 0 aromatic carbocycles. The van der Waals surface area contributed by atoms with Gasteiger partial charge in [-0.25, -0.2) is 0 Å². The van der Waals surface area contributed by atoms with E-state index in [1.165, 1.54) is 12.8 Å². The fraction of sp³-hybridized carbons (Fsp3) is 0.900. The lowest BCUT2D eigenvalue weighted by atomic mass is 9.41. The molecule has 4 heteroatoms. The Morgan fingerprint density at radius 3 is 2.41 bits per heavy atom. The third-order valence-corrected chi connectivity index (χ3v) is 12.7. The quantitative estimate of drug-likeness (QED) is 0.413. The highest BCUT2D eigenvalue weighted by molar-refractivity contribution is 5.86. The van der Waals surface area contributed by atoms with E-state index in [1.54, 1.807) is 5.57 Å². The Labute approximate surface area is 206 Å². The van der Waals surface area contributed by atoms with Gasteiger partial charge in [-0.3, -0.25) is 4.79 Å². The molecule has 0 radical (unpaired) electrons. The zero-order valence-corrected chi connectivity index (χ0v) is 22.7. The fourth-order valence-electron chi connectivity index (χ4n) is 10.4. The van der Waals surface area contributed by atoms with Gasteiger partial charge in [0.15, 0.2) is 0 Å². The second-order valence-corrected chi connectivity index (χ2v) is 14.8. The van der Waals surface area contributed by atoms with Crippen molar-refractivity contribution in [2.45, 2.75) is 130 Å². The van der Waals surface area contributed by atoms with Crippen molar-refractivity contribution in [3.63, 3.8) is 0 Å². The van der Waals surface area contributed by atoms with E-state index in [0.717, 1.165) is 25.7 Å². The molecule has 6 aliphatic rings. The predicted molar refractivity (Wildman–Crippen MR) is 132 cm³/mol. The van der Waals surface area contributed by atoms with Crippen molar-refractivity contribution in [1.82, 2.24) is 0 Å². The van der Waals surface area contributed by atoms with E-state index in [1.807, 2.05) is 0 Å². The Morgan fingerprint density at radius 1 is 1.09 bits per heavy atom. The van der Waals surface area contributed by atoms with Crippen molar-refractivity contribution in [3.8, 4) is 0 Å². The average molecular weight is 471 g/mol. The van der Waals surface area contributed by atoms with E-state index in [0.29, 0.717) is 30.0 Å². The Morgan fingerprint density at radius 2 is 1.76 bits per heavy atom. The highest BCUT2D eigenvalue weighted by Gasteiger charge is 2.81. The molecule has 2 heterocycles. The number of fused-ring (bicyclic) bond motifs is 3. The molecule has 1 spiro atoms. The van der Waals surface area contributed by atoms with Crippen LogP contribution in [0.15, 0.2) is 11.6 Å². The molecule has 34 heavy (non-hydrogen) atoms. The Kier molecular flexibility index (Phi) is 4.58. The molecule has 1 N–H and O–H groups in total. The first-order valence-electron chi connectivity index (χ1n) is 13.9. The smallest absolute Gasteiger partial charge is 0.138 e. The van der Waals surface area contributed by atoms with Crippen LogP contribution >= 0.6 is 0 Å². The standard InChI is InChI=1S/C30H46O4/c1-17(15-19(31)24-26(4,5)34-24)18-9-14-29(8)28(18,7)13-10-20-27(6)12-11-22(32)25(2,3)21(27)16-23-30(20,29)33-23/h10,17-19,21,23-24,31H,9,11-16H2,1-8H3/t17-,18-,19+,21-,23-,24-,27+,28-,29-,30+/m0/s1. The Balaban J connectivity index is 1.32. The first-order valence-corrected chi connectivity index (χ1v) is 13.9. The van der Waals surface area contributed by atoms with Crippen LogP contribution in [0.2, 0.25) is 0 Å². The molecular formula is C30H46O4. The molecule has 0 bridgehead atoms. The van der Waals surface area contributed by atoms with Gasteiger partial charge in [-0.15, -0.1) is 0 Å². The van der Waals surface area contributed by atoms with Gasteiger partial charge in [0.1, 0.15) is 17.5 Å². The normalized spacial score (nSPS) is 53.6. The molecule has 0 aromatic rings. The van der Waals surface area contributed by atoms with E-state index in [2.05, 4.69) is 61.5 Å². The van der Waals surface area contributed by atoms with Gasteiger partial charge in [0.25, 0.3) is 0 Å². The maximum atomic E-state index is 12.9. The number of hydrogen-bond acceptors (Lipinski definition) is 4. The largest absolute Gasteiger partial charge is 0.390 e. The maximum absolute atomic E-state index is 12.9. The molecule has 4 aliphatic carbocycles. The third kappa shape index (κ3) is 2.59. The van der Waals surface area contributed by atoms with E-state index in [-0.39, 0.29) is 51.2 Å². The topological polar surface area (TPSA) is 62.4 Å². The van der Waals surface area contributed by atoms with Gasteiger partial charge in [-0.2, -0.15) is 0 Å². The van der Waals surface area contributed by atoms with Crippen LogP contribution in [-0.2, 0) is 14.3 Å². The number of aliphatic hydroxyl groups is 1. The van der Waals surface area contributed by atoms with E-state index < -0.39 is 0 Å². The predicted octanol–water partition coefficient (Wildman–Crippen LogP) is 5.86. The number of rotatable bonds is 4. The van der Waals surface area contributed by atoms with Crippen LogP contribution in [0.5, 0.6) is 0 Å². The van der Waals surface area contributed by atoms with Crippen LogP contribution in [-0.4, -0.2) is 40.4 Å². The van der Waals surface area contributed by atoms with Gasteiger partial charge in [0, 0.05) is 17.3 Å². The lowest BCUT2D eigenvalue weighted by Gasteiger charge is -2.61. The molecule has 0 amide bonds. The summed E-state index contributed by atoms with van der Waals surface area (Å²) in [5, 5.41) is 10.9. The van der Waals surface area contributed by atoms with Gasteiger partial charge in [0.2, 0.25) is 0 Å². The van der Waals surface area contributed by atoms with Crippen molar-refractivity contribution in [2.75, 3.05) is 0 Å². The maximum Gasteiger partial charge on any atom is 0.138 e. The zero-order valence-electron chi connectivity index (χ0n) is 22.7. The summed E-state index contributed by atoms with van der Waals surface area (Å²) in [5.74, 6) is 1.82. The molecule has 4 nitrogen and oxygen atoms in total. The van der Waals surface area contributed by atoms with E-state index in [4.69, 9.17) is 9.47 Å². The first-order chi connectivity index (χ1) is 15.7. The number of Topliss-reactive ketones (excluding diaryl/α,β-unsaturated/α-hetero) is 1. The van der Waals surface area contributed by atoms with Gasteiger partial charge >= 0.3 is 0 Å². The summed E-state index contributed by atoms with van der Waals surface area (Å²) < 4.78 is 12.6. The molecule has 3 saturated carbocycles. The average Bonchev–Trinajstić information content (AvgIpc) is 3.59. The summed E-state index contributed by atoms with van der Waals surface area (Å²) in [5.41, 5.74) is 1.28. The second-order valence-electron chi connectivity index (χ2n) is 14.8. The van der Waals surface area contributed by atoms with Crippen LogP contribution in [0.3, 0.4) is 0 Å². The van der Waals surface area contributed by atoms with Crippen LogP contribution in [0.25, 0.3) is 0 Å². The summed E-state index contributed by atoms with van der Waals surface area (Å²) in [4.78, 5) is 12.9. The number of carbonyl (C=O) groups excluding carboxylic acids is 1. The number of allylic oxidation sites excluding steroid dienone is 1. The van der Waals surface area contributed by atoms with Gasteiger partial charge in [-0.1, -0.05) is 47.6 Å². The summed E-state index contributed by atoms with van der Waals surface area (Å²) in [7, 11) is 0. The lowest BCUT2D eigenvalue weighted by Crippen LogP contribution is -2.61. The minimum Gasteiger partial charge on any atom is -0.390 e.